The van der Waals surface area contributed by atoms with Gasteiger partial charge in [-0.1, -0.05) is 48.5 Å². The number of carbonyl (C=O) groups excluding carboxylic acids is 2. The lowest BCUT2D eigenvalue weighted by molar-refractivity contribution is -0.142. The van der Waals surface area contributed by atoms with Gasteiger partial charge in [-0.2, -0.15) is 0 Å². The Hall–Kier alpha value is -2.66. The predicted octanol–water partition coefficient (Wildman–Crippen LogP) is 2.25. The highest BCUT2D eigenvalue weighted by atomic mass is 16.5. The highest BCUT2D eigenvalue weighted by molar-refractivity contribution is 6.02. The number of nitrogens with two attached hydrogens (primary N) is 1. The molecule has 0 spiro atoms. The number of hydrogen-bond donors (Lipinski definition) is 1. The Labute approximate surface area is 147 Å². The molecule has 1 aliphatic heterocycles. The zero-order valence-corrected chi connectivity index (χ0v) is 14.2. The number of benzene rings is 2. The van der Waals surface area contributed by atoms with Gasteiger partial charge in [-0.25, -0.2) is 0 Å². The summed E-state index contributed by atoms with van der Waals surface area (Å²) in [5, 5.41) is 0. The van der Waals surface area contributed by atoms with E-state index in [1.54, 1.807) is 6.92 Å². The van der Waals surface area contributed by atoms with Crippen LogP contribution in [0, 0.1) is 0 Å². The van der Waals surface area contributed by atoms with Gasteiger partial charge in [-0.15, -0.1) is 0 Å². The van der Waals surface area contributed by atoms with E-state index < -0.39 is 12.0 Å². The lowest BCUT2D eigenvalue weighted by Crippen LogP contribution is -2.48. The van der Waals surface area contributed by atoms with Crippen molar-refractivity contribution in [3.8, 4) is 0 Å². The Kier molecular flexibility index (Phi) is 5.14. The van der Waals surface area contributed by atoms with Gasteiger partial charge in [0.2, 0.25) is 5.91 Å². The van der Waals surface area contributed by atoms with Crippen LogP contribution in [0.2, 0.25) is 0 Å². The molecule has 0 bridgehead atoms. The molecule has 1 aliphatic rings. The van der Waals surface area contributed by atoms with Gasteiger partial charge in [-0.3, -0.25) is 14.5 Å². The molecule has 0 aromatic heterocycles. The molecule has 2 atom stereocenters. The molecule has 0 unspecified atom stereocenters. The largest absolute Gasteiger partial charge is 0.465 e. The van der Waals surface area contributed by atoms with Crippen LogP contribution in [0.1, 0.15) is 24.0 Å². The van der Waals surface area contributed by atoms with Crippen molar-refractivity contribution < 1.29 is 14.3 Å². The van der Waals surface area contributed by atoms with Crippen molar-refractivity contribution in [2.45, 2.75) is 25.3 Å². The second-order valence-electron chi connectivity index (χ2n) is 6.11. The highest BCUT2D eigenvalue weighted by Gasteiger charge is 2.36. The van der Waals surface area contributed by atoms with Crippen molar-refractivity contribution in [2.24, 2.45) is 5.73 Å². The van der Waals surface area contributed by atoms with Crippen LogP contribution in [0.5, 0.6) is 0 Å². The number of hydrogen-bond acceptors (Lipinski definition) is 4. The monoisotopic (exact) mass is 338 g/mol. The molecule has 0 radical (unpaired) electrons. The zero-order valence-electron chi connectivity index (χ0n) is 14.2. The first-order valence-corrected chi connectivity index (χ1v) is 8.47. The second-order valence-corrected chi connectivity index (χ2v) is 6.11. The summed E-state index contributed by atoms with van der Waals surface area (Å²) in [4.78, 5) is 26.5. The van der Waals surface area contributed by atoms with Crippen LogP contribution in [0.15, 0.2) is 54.6 Å². The third kappa shape index (κ3) is 3.56. The Morgan fingerprint density at radius 2 is 1.84 bits per heavy atom. The third-order valence-corrected chi connectivity index (χ3v) is 4.53. The fourth-order valence-corrected chi connectivity index (χ4v) is 3.31. The third-order valence-electron chi connectivity index (χ3n) is 4.53. The SMILES string of the molecule is CCOC(=O)CN1C(=O)[C@@H](N)[C@H](c2ccccc2)Cc2ccccc21. The number of fused-ring (bicyclic) bond motifs is 1. The van der Waals surface area contributed by atoms with Crippen LogP contribution in [-0.2, 0) is 20.7 Å². The van der Waals surface area contributed by atoms with E-state index in [0.717, 1.165) is 16.8 Å². The van der Waals surface area contributed by atoms with E-state index in [1.165, 1.54) is 4.90 Å². The predicted molar refractivity (Wildman–Crippen MR) is 96.3 cm³/mol. The highest BCUT2D eigenvalue weighted by Crippen LogP contribution is 2.34. The number of rotatable bonds is 4. The Balaban J connectivity index is 2.00. The molecule has 1 heterocycles. The van der Waals surface area contributed by atoms with Gasteiger partial charge < -0.3 is 10.5 Å². The summed E-state index contributed by atoms with van der Waals surface area (Å²) in [6, 6.07) is 16.7. The van der Waals surface area contributed by atoms with Gasteiger partial charge in [0.25, 0.3) is 0 Å². The van der Waals surface area contributed by atoms with Crippen LogP contribution >= 0.6 is 0 Å². The molecule has 130 valence electrons. The van der Waals surface area contributed by atoms with E-state index in [2.05, 4.69) is 0 Å². The summed E-state index contributed by atoms with van der Waals surface area (Å²) >= 11 is 0. The number of esters is 1. The van der Waals surface area contributed by atoms with E-state index in [-0.39, 0.29) is 25.0 Å². The van der Waals surface area contributed by atoms with E-state index >= 15 is 0 Å². The Morgan fingerprint density at radius 3 is 2.56 bits per heavy atom. The maximum absolute atomic E-state index is 13.0. The molecule has 1 amide bonds. The first-order chi connectivity index (χ1) is 12.1. The molecule has 2 N–H and O–H groups in total. The molecule has 0 saturated carbocycles. The van der Waals surface area contributed by atoms with E-state index in [1.807, 2.05) is 54.6 Å². The summed E-state index contributed by atoms with van der Waals surface area (Å²) in [7, 11) is 0. The van der Waals surface area contributed by atoms with Crippen molar-refractivity contribution in [2.75, 3.05) is 18.1 Å². The topological polar surface area (TPSA) is 72.6 Å². The standard InChI is InChI=1S/C20H22N2O3/c1-2-25-18(23)13-22-17-11-7-6-10-15(17)12-16(19(21)20(22)24)14-8-4-3-5-9-14/h3-11,16,19H,2,12-13,21H2,1H3/t16-,19-/m0/s1. The Morgan fingerprint density at radius 1 is 1.16 bits per heavy atom. The number of para-hydroxylation sites is 1. The number of nitrogens with zero attached hydrogens (tertiary/aromatic N) is 1. The molecule has 0 aliphatic carbocycles. The van der Waals surface area contributed by atoms with Crippen molar-refractivity contribution in [3.63, 3.8) is 0 Å². The van der Waals surface area contributed by atoms with Gasteiger partial charge in [0.05, 0.1) is 12.6 Å². The normalized spacial score (nSPS) is 19.9. The van der Waals surface area contributed by atoms with E-state index in [9.17, 15) is 9.59 Å². The molecule has 0 saturated heterocycles. The van der Waals surface area contributed by atoms with Gasteiger partial charge in [0, 0.05) is 11.6 Å². The molecule has 3 rings (SSSR count). The molecule has 0 fully saturated rings. The van der Waals surface area contributed by atoms with Gasteiger partial charge >= 0.3 is 5.97 Å². The smallest absolute Gasteiger partial charge is 0.326 e. The lowest BCUT2D eigenvalue weighted by Gasteiger charge is -2.25. The summed E-state index contributed by atoms with van der Waals surface area (Å²) in [6.45, 7) is 1.90. The number of carbonyl (C=O) groups is 2. The number of ether oxygens (including phenoxy) is 1. The average Bonchev–Trinajstić information content (AvgIpc) is 2.73. The summed E-state index contributed by atoms with van der Waals surface area (Å²) in [5.74, 6) is -0.829. The minimum Gasteiger partial charge on any atom is -0.465 e. The first-order valence-electron chi connectivity index (χ1n) is 8.47. The molecule has 25 heavy (non-hydrogen) atoms. The summed E-state index contributed by atoms with van der Waals surface area (Å²) < 4.78 is 5.02. The second kappa shape index (κ2) is 7.49. The molecule has 5 nitrogen and oxygen atoms in total. The fraction of sp³-hybridized carbons (Fsp3) is 0.300. The quantitative estimate of drug-likeness (QED) is 0.868. The lowest BCUT2D eigenvalue weighted by atomic mass is 9.87. The molecule has 2 aromatic carbocycles. The first kappa shape index (κ1) is 17.2. The summed E-state index contributed by atoms with van der Waals surface area (Å²) in [5.41, 5.74) is 9.09. The van der Waals surface area contributed by atoms with Crippen molar-refractivity contribution in [3.05, 3.63) is 65.7 Å². The van der Waals surface area contributed by atoms with Gasteiger partial charge in [0.1, 0.15) is 6.54 Å². The maximum atomic E-state index is 13.0. The molecule has 5 heteroatoms. The Bertz CT molecular complexity index is 761. The van der Waals surface area contributed by atoms with Crippen LogP contribution in [-0.4, -0.2) is 31.1 Å². The number of amides is 1. The van der Waals surface area contributed by atoms with E-state index in [4.69, 9.17) is 10.5 Å². The van der Waals surface area contributed by atoms with Crippen LogP contribution < -0.4 is 10.6 Å². The molecular weight excluding hydrogens is 316 g/mol. The van der Waals surface area contributed by atoms with Crippen LogP contribution in [0.3, 0.4) is 0 Å². The summed E-state index contributed by atoms with van der Waals surface area (Å²) in [6.07, 6.45) is 0.645. The maximum Gasteiger partial charge on any atom is 0.326 e. The fourth-order valence-electron chi connectivity index (χ4n) is 3.31. The zero-order chi connectivity index (χ0) is 17.8. The molecule has 2 aromatic rings. The van der Waals surface area contributed by atoms with Gasteiger partial charge in [-0.05, 0) is 30.5 Å². The van der Waals surface area contributed by atoms with Crippen molar-refractivity contribution in [1.82, 2.24) is 0 Å². The van der Waals surface area contributed by atoms with Crippen LogP contribution in [0.25, 0.3) is 0 Å². The minimum absolute atomic E-state index is 0.126. The average molecular weight is 338 g/mol. The van der Waals surface area contributed by atoms with Crippen molar-refractivity contribution >= 4 is 17.6 Å². The number of anilines is 1. The van der Waals surface area contributed by atoms with Crippen LogP contribution in [0.4, 0.5) is 5.69 Å². The van der Waals surface area contributed by atoms with Crippen molar-refractivity contribution in [1.29, 1.82) is 0 Å². The minimum atomic E-state index is -0.718. The molecular formula is C20H22N2O3. The van der Waals surface area contributed by atoms with E-state index in [0.29, 0.717) is 6.42 Å². The van der Waals surface area contributed by atoms with Gasteiger partial charge in [0.15, 0.2) is 0 Å².